The Bertz CT molecular complexity index is 1690. The fourth-order valence-electron chi connectivity index (χ4n) is 6.25. The zero-order valence-corrected chi connectivity index (χ0v) is 24.3. The number of hydrogen-bond donors (Lipinski definition) is 12. The lowest BCUT2D eigenvalue weighted by Gasteiger charge is -2.38. The topological polar surface area (TPSA) is 301 Å². The number of benzene rings is 2. The lowest BCUT2D eigenvalue weighted by molar-refractivity contribution is -0.191. The molecule has 0 aliphatic carbocycles. The van der Waals surface area contributed by atoms with Gasteiger partial charge in [0, 0.05) is 5.56 Å². The van der Waals surface area contributed by atoms with Crippen LogP contribution >= 0.6 is 0 Å². The third kappa shape index (κ3) is 5.43. The summed E-state index contributed by atoms with van der Waals surface area (Å²) in [5, 5.41) is 127. The maximum absolute atomic E-state index is 14.5. The molecule has 3 saturated heterocycles. The number of hydrogen-bond acceptors (Lipinski definition) is 17. The van der Waals surface area contributed by atoms with Gasteiger partial charge in [0.25, 0.3) is 0 Å². The fourth-order valence-corrected chi connectivity index (χ4v) is 6.25. The van der Waals surface area contributed by atoms with E-state index in [1.165, 1.54) is 24.3 Å². The summed E-state index contributed by atoms with van der Waals surface area (Å²) in [6.07, 6.45) is -21.3. The van der Waals surface area contributed by atoms with E-state index in [-0.39, 0.29) is 17.1 Å². The lowest BCUT2D eigenvalue weighted by Crippen LogP contribution is -2.50. The van der Waals surface area contributed by atoms with E-state index < -0.39 is 138 Å². The van der Waals surface area contributed by atoms with E-state index in [0.717, 1.165) is 0 Å². The Morgan fingerprint density at radius 3 is 1.43 bits per heavy atom. The number of aliphatic hydroxyl groups is 9. The van der Waals surface area contributed by atoms with Crippen molar-refractivity contribution in [1.82, 2.24) is 0 Å². The first-order valence-electron chi connectivity index (χ1n) is 14.6. The number of ether oxygens (including phenoxy) is 3. The quantitative estimate of drug-likeness (QED) is 0.132. The van der Waals surface area contributed by atoms with E-state index in [1.807, 2.05) is 0 Å². The first kappa shape index (κ1) is 33.5. The van der Waals surface area contributed by atoms with Gasteiger partial charge >= 0.3 is 0 Å². The van der Waals surface area contributed by atoms with E-state index in [1.54, 1.807) is 0 Å². The van der Waals surface area contributed by atoms with Crippen molar-refractivity contribution in [2.24, 2.45) is 0 Å². The molecule has 4 heterocycles. The van der Waals surface area contributed by atoms with E-state index in [0.29, 0.717) is 0 Å². The first-order valence-corrected chi connectivity index (χ1v) is 14.6. The zero-order valence-electron chi connectivity index (χ0n) is 24.3. The van der Waals surface area contributed by atoms with Gasteiger partial charge in [-0.15, -0.1) is 0 Å². The summed E-state index contributed by atoms with van der Waals surface area (Å²) in [6, 6.07) is 5.07. The van der Waals surface area contributed by atoms with Gasteiger partial charge in [-0.05, 0) is 24.3 Å². The maximum Gasteiger partial charge on any atom is 0.203 e. The molecule has 256 valence electrons. The average molecular weight is 667 g/mol. The molecule has 0 radical (unpaired) electrons. The van der Waals surface area contributed by atoms with Crippen molar-refractivity contribution in [1.29, 1.82) is 0 Å². The number of rotatable bonds is 4. The second kappa shape index (κ2) is 12.5. The average Bonchev–Trinajstić information content (AvgIpc) is 3.04. The Kier molecular flexibility index (Phi) is 8.94. The Morgan fingerprint density at radius 2 is 0.957 bits per heavy atom. The molecule has 0 bridgehead atoms. The molecule has 0 saturated carbocycles. The van der Waals surface area contributed by atoms with Crippen LogP contribution < -0.4 is 5.43 Å². The molecular weight excluding hydrogens is 632 g/mol. The predicted octanol–water partition coefficient (Wildman–Crippen LogP) is -2.96. The standard InChI is InChI=1S/C30H34O17/c31-9-3-1-8(2-4-9)26-15(29-24(42)18(36)11(33)6-45-29)21(39)13-20(38)14(28-23(41)17(35)10(32)5-44-28)22(40)16(27(13)47-26)30-25(43)19(37)12(34)7-46-30/h1-4,10-12,17-19,23-25,28-38,40-43H,5-7H2/t10-,11+,12+,17-,18-,19-,23-,24-,25+,28-,29-,30-/m0/s1. The van der Waals surface area contributed by atoms with Crippen LogP contribution in [0.1, 0.15) is 35.0 Å². The van der Waals surface area contributed by atoms with Crippen LogP contribution in [0.15, 0.2) is 33.5 Å². The molecule has 0 unspecified atom stereocenters. The van der Waals surface area contributed by atoms with E-state index in [2.05, 4.69) is 0 Å². The molecule has 3 aromatic rings. The van der Waals surface area contributed by atoms with Crippen molar-refractivity contribution in [2.45, 2.75) is 73.2 Å². The zero-order chi connectivity index (χ0) is 34.1. The molecule has 0 spiro atoms. The summed E-state index contributed by atoms with van der Waals surface area (Å²) in [4.78, 5) is 14.5. The van der Waals surface area contributed by atoms with Gasteiger partial charge in [0.05, 0.1) is 36.5 Å². The molecule has 3 fully saturated rings. The van der Waals surface area contributed by atoms with E-state index in [4.69, 9.17) is 18.6 Å². The van der Waals surface area contributed by atoms with Crippen molar-refractivity contribution in [3.8, 4) is 28.6 Å². The minimum Gasteiger partial charge on any atom is -0.508 e. The van der Waals surface area contributed by atoms with Gasteiger partial charge in [-0.1, -0.05) is 0 Å². The van der Waals surface area contributed by atoms with Gasteiger partial charge in [0.1, 0.15) is 102 Å². The van der Waals surface area contributed by atoms with Crippen LogP contribution in [0.4, 0.5) is 0 Å². The number of fused-ring (bicyclic) bond motifs is 1. The van der Waals surface area contributed by atoms with Gasteiger partial charge in [0.15, 0.2) is 5.58 Å². The third-order valence-electron chi connectivity index (χ3n) is 8.88. The highest BCUT2D eigenvalue weighted by atomic mass is 16.5. The molecular formula is C30H34O17. The largest absolute Gasteiger partial charge is 0.508 e. The molecule has 12 N–H and O–H groups in total. The van der Waals surface area contributed by atoms with Crippen molar-refractivity contribution in [3.63, 3.8) is 0 Å². The summed E-state index contributed by atoms with van der Waals surface area (Å²) < 4.78 is 22.8. The van der Waals surface area contributed by atoms with Gasteiger partial charge < -0.3 is 79.9 Å². The molecule has 2 aromatic carbocycles. The van der Waals surface area contributed by atoms with Crippen molar-refractivity contribution < 1.29 is 79.9 Å². The minimum absolute atomic E-state index is 0.0749. The SMILES string of the molecule is O=c1c([C@@H]2OC[C@@H](O)[C@H](O)[C@@H]2O)c(-c2ccc(O)cc2)oc2c([C@@H]3OC[C@@H](O)[C@H](O)[C@H]3O)c(O)c([C@@H]3OC[C@H](O)[C@H](O)[C@@H]3O)c(O)c12. The van der Waals surface area contributed by atoms with Crippen LogP contribution in [0, 0.1) is 0 Å². The second-order valence-electron chi connectivity index (χ2n) is 11.9. The van der Waals surface area contributed by atoms with Crippen LogP contribution in [0.3, 0.4) is 0 Å². The maximum atomic E-state index is 14.5. The minimum atomic E-state index is -1.99. The number of aliphatic hydroxyl groups excluding tert-OH is 9. The first-order chi connectivity index (χ1) is 22.2. The summed E-state index contributed by atoms with van der Waals surface area (Å²) in [5.74, 6) is -2.59. The monoisotopic (exact) mass is 666 g/mol. The number of phenols is 3. The van der Waals surface area contributed by atoms with Crippen molar-refractivity contribution in [3.05, 3.63) is 51.2 Å². The molecule has 0 amide bonds. The Morgan fingerprint density at radius 1 is 0.532 bits per heavy atom. The van der Waals surface area contributed by atoms with E-state index in [9.17, 15) is 66.1 Å². The van der Waals surface area contributed by atoms with Gasteiger partial charge in [-0.3, -0.25) is 4.79 Å². The van der Waals surface area contributed by atoms with E-state index >= 15 is 0 Å². The summed E-state index contributed by atoms with van der Waals surface area (Å²) in [7, 11) is 0. The van der Waals surface area contributed by atoms with Crippen LogP contribution in [0.25, 0.3) is 22.3 Å². The van der Waals surface area contributed by atoms with Crippen LogP contribution in [0.5, 0.6) is 17.2 Å². The van der Waals surface area contributed by atoms with Crippen LogP contribution in [0.2, 0.25) is 0 Å². The molecule has 1 aromatic heterocycles. The van der Waals surface area contributed by atoms with Crippen LogP contribution in [-0.4, -0.2) is 136 Å². The predicted molar refractivity (Wildman–Crippen MR) is 153 cm³/mol. The van der Waals surface area contributed by atoms with Crippen LogP contribution in [-0.2, 0) is 14.2 Å². The molecule has 12 atom stereocenters. The highest BCUT2D eigenvalue weighted by Crippen LogP contribution is 2.51. The smallest absolute Gasteiger partial charge is 0.203 e. The second-order valence-corrected chi connectivity index (χ2v) is 11.9. The summed E-state index contributed by atoms with van der Waals surface area (Å²) in [5.41, 5.74) is -3.47. The number of aromatic hydroxyl groups is 3. The van der Waals surface area contributed by atoms with Gasteiger partial charge in [-0.25, -0.2) is 0 Å². The fraction of sp³-hybridized carbons (Fsp3) is 0.500. The summed E-state index contributed by atoms with van der Waals surface area (Å²) >= 11 is 0. The Hall–Kier alpha value is -3.43. The van der Waals surface area contributed by atoms with Crippen molar-refractivity contribution in [2.75, 3.05) is 19.8 Å². The molecule has 17 heteroatoms. The third-order valence-corrected chi connectivity index (χ3v) is 8.88. The van der Waals surface area contributed by atoms with Gasteiger partial charge in [0.2, 0.25) is 5.43 Å². The normalized spacial score (nSPS) is 36.4. The molecule has 3 aliphatic heterocycles. The molecule has 6 rings (SSSR count). The molecule has 47 heavy (non-hydrogen) atoms. The highest BCUT2D eigenvalue weighted by Gasteiger charge is 2.47. The highest BCUT2D eigenvalue weighted by molar-refractivity contribution is 5.93. The Labute approximate surface area is 263 Å². The molecule has 3 aliphatic rings. The molecule has 17 nitrogen and oxygen atoms in total. The van der Waals surface area contributed by atoms with Gasteiger partial charge in [-0.2, -0.15) is 0 Å². The van der Waals surface area contributed by atoms with Crippen molar-refractivity contribution >= 4 is 11.0 Å². The lowest BCUT2D eigenvalue weighted by atomic mass is 9.85. The summed E-state index contributed by atoms with van der Waals surface area (Å²) in [6.45, 7) is -1.72. The Balaban J connectivity index is 1.71. The number of phenolic OH excluding ortho intramolecular Hbond substituents is 3.